The lowest BCUT2D eigenvalue weighted by atomic mass is 9.91. The van der Waals surface area contributed by atoms with Gasteiger partial charge in [0.25, 0.3) is 17.4 Å². The molecule has 0 saturated carbocycles. The smallest absolute Gasteiger partial charge is 0.352 e. The van der Waals surface area contributed by atoms with Crippen LogP contribution in [0.4, 0.5) is 5.69 Å². The molecule has 8 nitrogen and oxygen atoms in total. The second kappa shape index (κ2) is 8.20. The minimum atomic E-state index is -2.06. The predicted octanol–water partition coefficient (Wildman–Crippen LogP) is 1.34. The van der Waals surface area contributed by atoms with Crippen LogP contribution in [0.15, 0.2) is 24.3 Å². The Labute approximate surface area is 174 Å². The molecule has 0 bridgehead atoms. The highest BCUT2D eigenvalue weighted by molar-refractivity contribution is 6.33. The molecular formula is C20H26ClN3O5. The standard InChI is InChI=1S/C20H26ClN3O5/c1-3-4-13-28-18(27)20(16(22)25)19(2,29-20)17(26)24-11-9-23(10-12-24)15-8-6-5-7-14(15)21/h5-8H,3-4,9-13H2,1-2H3,(H2,22,25). The number of nitrogens with two attached hydrogens (primary N) is 1. The number of primary amides is 1. The van der Waals surface area contributed by atoms with Crippen LogP contribution >= 0.6 is 11.6 Å². The van der Waals surface area contributed by atoms with Crippen LogP contribution in [-0.2, 0) is 23.9 Å². The summed E-state index contributed by atoms with van der Waals surface area (Å²) < 4.78 is 10.6. The third-order valence-electron chi connectivity index (χ3n) is 5.52. The molecule has 2 amide bonds. The monoisotopic (exact) mass is 423 g/mol. The van der Waals surface area contributed by atoms with Gasteiger partial charge in [-0.25, -0.2) is 4.79 Å². The maximum Gasteiger partial charge on any atom is 0.352 e. The van der Waals surface area contributed by atoms with E-state index in [0.717, 1.165) is 12.1 Å². The summed E-state index contributed by atoms with van der Waals surface area (Å²) in [5.74, 6) is -2.35. The first-order chi connectivity index (χ1) is 13.8. The number of halogens is 1. The second-order valence-corrected chi connectivity index (χ2v) is 7.81. The van der Waals surface area contributed by atoms with Gasteiger partial charge in [-0.15, -0.1) is 0 Å². The molecule has 2 saturated heterocycles. The van der Waals surface area contributed by atoms with Crippen molar-refractivity contribution in [2.24, 2.45) is 5.73 Å². The third-order valence-corrected chi connectivity index (χ3v) is 5.84. The van der Waals surface area contributed by atoms with Crippen LogP contribution in [-0.4, -0.2) is 66.7 Å². The summed E-state index contributed by atoms with van der Waals surface area (Å²) in [6, 6.07) is 7.51. The number of hydrogen-bond donors (Lipinski definition) is 1. The Bertz CT molecular complexity index is 811. The number of carbonyl (C=O) groups excluding carboxylic acids is 3. The average Bonchev–Trinajstić information content (AvgIpc) is 3.37. The van der Waals surface area contributed by atoms with E-state index in [0.29, 0.717) is 37.6 Å². The molecular weight excluding hydrogens is 398 g/mol. The lowest BCUT2D eigenvalue weighted by molar-refractivity contribution is -0.154. The fourth-order valence-electron chi connectivity index (χ4n) is 3.67. The summed E-state index contributed by atoms with van der Waals surface area (Å²) in [7, 11) is 0. The van der Waals surface area contributed by atoms with Crippen LogP contribution in [0.2, 0.25) is 5.02 Å². The highest BCUT2D eigenvalue weighted by Gasteiger charge is 2.82. The molecule has 2 atom stereocenters. The summed E-state index contributed by atoms with van der Waals surface area (Å²) in [6.07, 6.45) is 1.47. The maximum atomic E-state index is 13.1. The van der Waals surface area contributed by atoms with Crippen molar-refractivity contribution >= 4 is 35.1 Å². The molecule has 3 rings (SSSR count). The van der Waals surface area contributed by atoms with E-state index in [1.165, 1.54) is 6.92 Å². The quantitative estimate of drug-likeness (QED) is 0.307. The van der Waals surface area contributed by atoms with E-state index in [9.17, 15) is 14.4 Å². The van der Waals surface area contributed by atoms with Gasteiger partial charge in [0, 0.05) is 26.2 Å². The van der Waals surface area contributed by atoms with Gasteiger partial charge in [0.1, 0.15) is 0 Å². The number of unbranched alkanes of at least 4 members (excludes halogenated alkanes) is 1. The molecule has 0 aliphatic carbocycles. The van der Waals surface area contributed by atoms with Crippen molar-refractivity contribution in [1.29, 1.82) is 0 Å². The number of epoxide rings is 1. The number of anilines is 1. The molecule has 1 aromatic rings. The van der Waals surface area contributed by atoms with Gasteiger partial charge in [-0.1, -0.05) is 37.1 Å². The van der Waals surface area contributed by atoms with Crippen molar-refractivity contribution in [3.05, 3.63) is 29.3 Å². The van der Waals surface area contributed by atoms with Crippen LogP contribution < -0.4 is 10.6 Å². The van der Waals surface area contributed by atoms with Crippen LogP contribution in [0.3, 0.4) is 0 Å². The van der Waals surface area contributed by atoms with Crippen molar-refractivity contribution in [3.8, 4) is 0 Å². The summed E-state index contributed by atoms with van der Waals surface area (Å²) in [5, 5.41) is 0.646. The number of para-hydroxylation sites is 1. The van der Waals surface area contributed by atoms with Gasteiger partial charge in [0.2, 0.25) is 0 Å². The fraction of sp³-hybridized carbons (Fsp3) is 0.550. The molecule has 1 aromatic carbocycles. The zero-order chi connectivity index (χ0) is 21.2. The Morgan fingerprint density at radius 3 is 2.45 bits per heavy atom. The van der Waals surface area contributed by atoms with Crippen LogP contribution in [0.5, 0.6) is 0 Å². The van der Waals surface area contributed by atoms with Gasteiger partial charge < -0.3 is 25.0 Å². The van der Waals surface area contributed by atoms with Gasteiger partial charge in [-0.3, -0.25) is 9.59 Å². The van der Waals surface area contributed by atoms with Crippen molar-refractivity contribution < 1.29 is 23.9 Å². The number of hydrogen-bond acceptors (Lipinski definition) is 6. The van der Waals surface area contributed by atoms with Gasteiger partial charge >= 0.3 is 5.97 Å². The zero-order valence-electron chi connectivity index (χ0n) is 16.7. The van der Waals surface area contributed by atoms with E-state index in [2.05, 4.69) is 4.90 Å². The molecule has 2 heterocycles. The first-order valence-electron chi connectivity index (χ1n) is 9.74. The predicted molar refractivity (Wildman–Crippen MR) is 108 cm³/mol. The topological polar surface area (TPSA) is 105 Å². The highest BCUT2D eigenvalue weighted by atomic mass is 35.5. The van der Waals surface area contributed by atoms with Crippen molar-refractivity contribution in [1.82, 2.24) is 4.90 Å². The van der Waals surface area contributed by atoms with E-state index >= 15 is 0 Å². The first-order valence-corrected chi connectivity index (χ1v) is 10.1. The van der Waals surface area contributed by atoms with E-state index < -0.39 is 29.0 Å². The molecule has 2 fully saturated rings. The minimum Gasteiger partial charge on any atom is -0.463 e. The van der Waals surface area contributed by atoms with E-state index in [1.54, 1.807) is 4.90 Å². The van der Waals surface area contributed by atoms with Crippen LogP contribution in [0.1, 0.15) is 26.7 Å². The Balaban J connectivity index is 1.67. The van der Waals surface area contributed by atoms with Crippen LogP contribution in [0, 0.1) is 0 Å². The highest BCUT2D eigenvalue weighted by Crippen LogP contribution is 2.50. The van der Waals surface area contributed by atoms with Crippen molar-refractivity contribution in [2.75, 3.05) is 37.7 Å². The van der Waals surface area contributed by atoms with Crippen LogP contribution in [0.25, 0.3) is 0 Å². The molecule has 2 unspecified atom stereocenters. The first kappa shape index (κ1) is 21.4. The van der Waals surface area contributed by atoms with E-state index in [4.69, 9.17) is 26.8 Å². The van der Waals surface area contributed by atoms with E-state index in [1.807, 2.05) is 31.2 Å². The Morgan fingerprint density at radius 1 is 1.21 bits per heavy atom. The number of benzene rings is 1. The normalized spacial score (nSPS) is 26.2. The SMILES string of the molecule is CCCCOC(=O)C1(C(N)=O)OC1(C)C(=O)N1CCN(c2ccccc2Cl)CC1. The second-order valence-electron chi connectivity index (χ2n) is 7.40. The lowest BCUT2D eigenvalue weighted by Crippen LogP contribution is -2.56. The number of ether oxygens (including phenoxy) is 2. The molecule has 2 aliphatic rings. The molecule has 158 valence electrons. The summed E-state index contributed by atoms with van der Waals surface area (Å²) in [6.45, 7) is 5.45. The average molecular weight is 424 g/mol. The molecule has 29 heavy (non-hydrogen) atoms. The molecule has 9 heteroatoms. The van der Waals surface area contributed by atoms with E-state index in [-0.39, 0.29) is 6.61 Å². The van der Waals surface area contributed by atoms with Gasteiger partial charge in [-0.2, -0.15) is 0 Å². The van der Waals surface area contributed by atoms with Crippen molar-refractivity contribution in [3.63, 3.8) is 0 Å². The van der Waals surface area contributed by atoms with Crippen molar-refractivity contribution in [2.45, 2.75) is 37.9 Å². The molecule has 2 aliphatic heterocycles. The Hall–Kier alpha value is -2.32. The number of carbonyl (C=O) groups is 3. The lowest BCUT2D eigenvalue weighted by Gasteiger charge is -2.37. The number of amides is 2. The van der Waals surface area contributed by atoms with Gasteiger partial charge in [0.05, 0.1) is 17.3 Å². The Morgan fingerprint density at radius 2 is 1.86 bits per heavy atom. The number of piperazine rings is 1. The number of nitrogens with zero attached hydrogens (tertiary/aromatic N) is 2. The third kappa shape index (κ3) is 3.67. The number of esters is 1. The molecule has 0 radical (unpaired) electrons. The Kier molecular flexibility index (Phi) is 6.05. The minimum absolute atomic E-state index is 0.147. The fourth-order valence-corrected chi connectivity index (χ4v) is 3.92. The largest absolute Gasteiger partial charge is 0.463 e. The summed E-state index contributed by atoms with van der Waals surface area (Å²) in [5.41, 5.74) is 2.64. The molecule has 0 spiro atoms. The zero-order valence-corrected chi connectivity index (χ0v) is 17.4. The summed E-state index contributed by atoms with van der Waals surface area (Å²) in [4.78, 5) is 41.3. The molecule has 2 N–H and O–H groups in total. The number of rotatable bonds is 7. The maximum absolute atomic E-state index is 13.1. The summed E-state index contributed by atoms with van der Waals surface area (Å²) >= 11 is 6.25. The van der Waals surface area contributed by atoms with Gasteiger partial charge in [0.15, 0.2) is 5.60 Å². The molecule has 0 aromatic heterocycles. The van der Waals surface area contributed by atoms with Gasteiger partial charge in [-0.05, 0) is 25.5 Å².